The molecule has 0 heterocycles. The minimum absolute atomic E-state index is 0.366. The molecule has 3 atom stereocenters. The average molecular weight is 151 g/mol. The normalized spacial score (nSPS) is 48.1. The summed E-state index contributed by atoms with van der Waals surface area (Å²) in [6.07, 6.45) is 8.42. The molecule has 0 amide bonds. The van der Waals surface area contributed by atoms with E-state index in [1.54, 1.807) is 6.21 Å². The van der Waals surface area contributed by atoms with E-state index in [1.165, 1.54) is 32.1 Å². The van der Waals surface area contributed by atoms with Crippen LogP contribution in [0.25, 0.3) is 0 Å². The van der Waals surface area contributed by atoms with Gasteiger partial charge in [-0.1, -0.05) is 13.3 Å². The van der Waals surface area contributed by atoms with Crippen LogP contribution in [0.3, 0.4) is 0 Å². The highest BCUT2D eigenvalue weighted by Crippen LogP contribution is 2.56. The summed E-state index contributed by atoms with van der Waals surface area (Å²) in [7, 11) is 0. The van der Waals surface area contributed by atoms with Gasteiger partial charge in [0.1, 0.15) is 0 Å². The molecule has 11 heavy (non-hydrogen) atoms. The predicted molar refractivity (Wildman–Crippen MR) is 47.0 cm³/mol. The number of fused-ring (bicyclic) bond motifs is 2. The van der Waals surface area contributed by atoms with Crippen LogP contribution in [0.2, 0.25) is 0 Å². The summed E-state index contributed by atoms with van der Waals surface area (Å²) < 4.78 is 0. The average Bonchev–Trinajstić information content (AvgIpc) is 2.61. The molecule has 2 aliphatic rings. The minimum Gasteiger partial charge on any atom is -0.313 e. The predicted octanol–water partition coefficient (Wildman–Crippen LogP) is 2.85. The molecule has 0 aromatic rings. The second kappa shape index (κ2) is 2.33. The monoisotopic (exact) mass is 151 g/mol. The second-order valence-electron chi connectivity index (χ2n) is 4.38. The zero-order valence-corrected chi connectivity index (χ0v) is 7.27. The molecule has 0 saturated heterocycles. The van der Waals surface area contributed by atoms with Crippen molar-refractivity contribution in [1.82, 2.24) is 0 Å². The van der Waals surface area contributed by atoms with Gasteiger partial charge in [0.2, 0.25) is 0 Å². The van der Waals surface area contributed by atoms with Crippen LogP contribution in [-0.4, -0.2) is 6.21 Å². The number of hydrogen-bond donors (Lipinski definition) is 1. The third-order valence-corrected chi connectivity index (χ3v) is 3.85. The van der Waals surface area contributed by atoms with Crippen molar-refractivity contribution in [2.75, 3.05) is 0 Å². The molecule has 2 saturated carbocycles. The van der Waals surface area contributed by atoms with Crippen LogP contribution >= 0.6 is 0 Å². The fourth-order valence-electron chi connectivity index (χ4n) is 3.14. The van der Waals surface area contributed by atoms with Crippen LogP contribution in [-0.2, 0) is 0 Å². The van der Waals surface area contributed by atoms with E-state index in [2.05, 4.69) is 6.92 Å². The second-order valence-corrected chi connectivity index (χ2v) is 4.38. The lowest BCUT2D eigenvalue weighted by atomic mass is 9.80. The standard InChI is InChI=1S/C10H17N/c1-2-8-5-10(7-11)4-3-9(8)6-10/h7-9,11H,2-6H2,1H3. The van der Waals surface area contributed by atoms with Crippen LogP contribution in [0.1, 0.15) is 39.0 Å². The largest absolute Gasteiger partial charge is 0.313 e. The van der Waals surface area contributed by atoms with E-state index in [-0.39, 0.29) is 0 Å². The number of rotatable bonds is 2. The smallest absolute Gasteiger partial charge is 0.00552 e. The van der Waals surface area contributed by atoms with Crippen molar-refractivity contribution in [3.8, 4) is 0 Å². The third-order valence-electron chi connectivity index (χ3n) is 3.85. The van der Waals surface area contributed by atoms with Gasteiger partial charge in [-0.3, -0.25) is 0 Å². The first-order chi connectivity index (χ1) is 5.29. The van der Waals surface area contributed by atoms with Crippen LogP contribution in [0.5, 0.6) is 0 Å². The summed E-state index contributed by atoms with van der Waals surface area (Å²) in [5.41, 5.74) is 0.366. The maximum Gasteiger partial charge on any atom is 0.00552 e. The van der Waals surface area contributed by atoms with Gasteiger partial charge in [0.15, 0.2) is 0 Å². The Morgan fingerprint density at radius 2 is 2.36 bits per heavy atom. The van der Waals surface area contributed by atoms with Crippen molar-refractivity contribution < 1.29 is 0 Å². The molecule has 0 aliphatic heterocycles. The Hall–Kier alpha value is -0.330. The van der Waals surface area contributed by atoms with E-state index in [4.69, 9.17) is 5.41 Å². The van der Waals surface area contributed by atoms with Gasteiger partial charge < -0.3 is 5.41 Å². The Morgan fingerprint density at radius 3 is 2.82 bits per heavy atom. The fourth-order valence-corrected chi connectivity index (χ4v) is 3.14. The van der Waals surface area contributed by atoms with Crippen LogP contribution in [0, 0.1) is 22.7 Å². The van der Waals surface area contributed by atoms with Gasteiger partial charge in [-0.25, -0.2) is 0 Å². The molecule has 1 heteroatoms. The highest BCUT2D eigenvalue weighted by atomic mass is 14.6. The lowest BCUT2D eigenvalue weighted by Crippen LogP contribution is -2.18. The van der Waals surface area contributed by atoms with E-state index in [0.717, 1.165) is 11.8 Å². The summed E-state index contributed by atoms with van der Waals surface area (Å²) >= 11 is 0. The maximum absolute atomic E-state index is 7.41. The molecule has 62 valence electrons. The van der Waals surface area contributed by atoms with Gasteiger partial charge >= 0.3 is 0 Å². The SMILES string of the molecule is CCC1CC2(C=N)CCC1C2. The highest BCUT2D eigenvalue weighted by Gasteiger charge is 2.48. The molecule has 0 aromatic carbocycles. The molecule has 2 rings (SSSR count). The van der Waals surface area contributed by atoms with Crippen molar-refractivity contribution in [3.05, 3.63) is 0 Å². The highest BCUT2D eigenvalue weighted by molar-refractivity contribution is 5.63. The Bertz CT molecular complexity index is 176. The molecule has 2 aliphatic carbocycles. The van der Waals surface area contributed by atoms with Crippen LogP contribution < -0.4 is 0 Å². The van der Waals surface area contributed by atoms with Gasteiger partial charge in [-0.05, 0) is 37.5 Å². The summed E-state index contributed by atoms with van der Waals surface area (Å²) in [5, 5.41) is 7.41. The molecular weight excluding hydrogens is 134 g/mol. The lowest BCUT2D eigenvalue weighted by Gasteiger charge is -2.25. The maximum atomic E-state index is 7.41. The Morgan fingerprint density at radius 1 is 1.55 bits per heavy atom. The molecular formula is C10H17N. The molecule has 0 spiro atoms. The van der Waals surface area contributed by atoms with Crippen molar-refractivity contribution in [1.29, 1.82) is 5.41 Å². The summed E-state index contributed by atoms with van der Waals surface area (Å²) in [5.74, 6) is 1.92. The Labute approximate surface area is 68.7 Å². The van der Waals surface area contributed by atoms with E-state index >= 15 is 0 Å². The topological polar surface area (TPSA) is 23.9 Å². The minimum atomic E-state index is 0.366. The summed E-state index contributed by atoms with van der Waals surface area (Å²) in [4.78, 5) is 0. The summed E-state index contributed by atoms with van der Waals surface area (Å²) in [6.45, 7) is 2.29. The van der Waals surface area contributed by atoms with Gasteiger partial charge in [0.25, 0.3) is 0 Å². The summed E-state index contributed by atoms with van der Waals surface area (Å²) in [6, 6.07) is 0. The molecule has 1 nitrogen and oxygen atoms in total. The molecule has 1 N–H and O–H groups in total. The van der Waals surface area contributed by atoms with E-state index in [9.17, 15) is 0 Å². The van der Waals surface area contributed by atoms with Crippen LogP contribution in [0.15, 0.2) is 0 Å². The van der Waals surface area contributed by atoms with E-state index in [1.807, 2.05) is 0 Å². The quantitative estimate of drug-likeness (QED) is 0.587. The first kappa shape index (κ1) is 7.33. The first-order valence-electron chi connectivity index (χ1n) is 4.81. The first-order valence-corrected chi connectivity index (χ1v) is 4.81. The van der Waals surface area contributed by atoms with Crippen molar-refractivity contribution in [3.63, 3.8) is 0 Å². The fraction of sp³-hybridized carbons (Fsp3) is 0.900. The van der Waals surface area contributed by atoms with Gasteiger partial charge in [0.05, 0.1) is 0 Å². The molecule has 0 radical (unpaired) electrons. The zero-order valence-electron chi connectivity index (χ0n) is 7.27. The van der Waals surface area contributed by atoms with Gasteiger partial charge in [-0.15, -0.1) is 0 Å². The van der Waals surface area contributed by atoms with E-state index < -0.39 is 0 Å². The molecule has 3 unspecified atom stereocenters. The third kappa shape index (κ3) is 0.935. The van der Waals surface area contributed by atoms with E-state index in [0.29, 0.717) is 5.41 Å². The van der Waals surface area contributed by atoms with Crippen molar-refractivity contribution in [2.45, 2.75) is 39.0 Å². The molecule has 2 fully saturated rings. The number of hydrogen-bond acceptors (Lipinski definition) is 1. The van der Waals surface area contributed by atoms with Crippen molar-refractivity contribution in [2.24, 2.45) is 17.3 Å². The molecule has 2 bridgehead atoms. The Balaban J connectivity index is 2.14. The van der Waals surface area contributed by atoms with Crippen LogP contribution in [0.4, 0.5) is 0 Å². The zero-order chi connectivity index (χ0) is 7.90. The van der Waals surface area contributed by atoms with Gasteiger partial charge in [0, 0.05) is 11.6 Å². The van der Waals surface area contributed by atoms with Crippen molar-refractivity contribution >= 4 is 6.21 Å². The lowest BCUT2D eigenvalue weighted by molar-refractivity contribution is 0.303. The Kier molecular flexibility index (Phi) is 1.55. The molecule has 0 aromatic heterocycles. The number of nitrogens with one attached hydrogen (secondary N) is 1. The van der Waals surface area contributed by atoms with Gasteiger partial charge in [-0.2, -0.15) is 0 Å².